The third-order valence-electron chi connectivity index (χ3n) is 4.37. The van der Waals surface area contributed by atoms with Gasteiger partial charge in [-0.3, -0.25) is 9.59 Å². The van der Waals surface area contributed by atoms with E-state index in [-0.39, 0.29) is 24.2 Å². The van der Waals surface area contributed by atoms with Crippen molar-refractivity contribution < 1.29 is 9.59 Å². The number of amides is 2. The van der Waals surface area contributed by atoms with E-state index in [9.17, 15) is 9.59 Å². The lowest BCUT2D eigenvalue weighted by Crippen LogP contribution is -2.28. The highest BCUT2D eigenvalue weighted by Crippen LogP contribution is 2.29. The Morgan fingerprint density at radius 3 is 2.72 bits per heavy atom. The second-order valence-corrected chi connectivity index (χ2v) is 7.25. The number of nitrogens with zero attached hydrogens (tertiary/aromatic N) is 2. The molecule has 25 heavy (non-hydrogen) atoms. The number of aryl methyl sites for hydroxylation is 1. The Labute approximate surface area is 149 Å². The Morgan fingerprint density at radius 2 is 1.96 bits per heavy atom. The van der Waals surface area contributed by atoms with Crippen LogP contribution in [-0.4, -0.2) is 23.3 Å². The van der Waals surface area contributed by atoms with Gasteiger partial charge in [0.25, 0.3) is 0 Å². The van der Waals surface area contributed by atoms with E-state index in [1.807, 2.05) is 55.5 Å². The smallest absolute Gasteiger partial charge is 0.231 e. The first kappa shape index (κ1) is 15.8. The largest absolute Gasteiger partial charge is 0.312 e. The van der Waals surface area contributed by atoms with Crippen LogP contribution >= 0.6 is 11.3 Å². The zero-order valence-electron chi connectivity index (χ0n) is 13.7. The highest BCUT2D eigenvalue weighted by molar-refractivity contribution is 7.22. The van der Waals surface area contributed by atoms with Crippen molar-refractivity contribution in [3.8, 4) is 0 Å². The van der Waals surface area contributed by atoms with Crippen LogP contribution in [0.25, 0.3) is 10.2 Å². The molecule has 0 saturated carbocycles. The van der Waals surface area contributed by atoms with Gasteiger partial charge in [-0.05, 0) is 31.2 Å². The highest BCUT2D eigenvalue weighted by atomic mass is 32.1. The number of hydrogen-bond acceptors (Lipinski definition) is 4. The number of fused-ring (bicyclic) bond motifs is 1. The normalized spacial score (nSPS) is 17.2. The fourth-order valence-corrected chi connectivity index (χ4v) is 3.86. The lowest BCUT2D eigenvalue weighted by Gasteiger charge is -2.16. The van der Waals surface area contributed by atoms with Crippen molar-refractivity contribution in [2.45, 2.75) is 13.3 Å². The molecule has 1 N–H and O–H groups in total. The molecule has 5 nitrogen and oxygen atoms in total. The average Bonchev–Trinajstić information content (AvgIpc) is 3.18. The zero-order valence-corrected chi connectivity index (χ0v) is 14.5. The van der Waals surface area contributed by atoms with Gasteiger partial charge in [0, 0.05) is 18.7 Å². The molecule has 6 heteroatoms. The molecule has 1 fully saturated rings. The SMILES string of the molecule is Cc1ccc(N2C[C@H](C(=O)Nc3nc4ccccc4s3)CC2=O)cc1. The Bertz CT molecular complexity index is 916. The van der Waals surface area contributed by atoms with Crippen LogP contribution in [0.15, 0.2) is 48.5 Å². The quantitative estimate of drug-likeness (QED) is 0.784. The molecule has 0 radical (unpaired) electrons. The van der Waals surface area contributed by atoms with Gasteiger partial charge >= 0.3 is 0 Å². The molecule has 2 aromatic carbocycles. The molecule has 126 valence electrons. The average molecular weight is 351 g/mol. The molecule has 2 amide bonds. The van der Waals surface area contributed by atoms with Gasteiger partial charge in [-0.15, -0.1) is 0 Å². The summed E-state index contributed by atoms with van der Waals surface area (Å²) in [5, 5.41) is 3.44. The van der Waals surface area contributed by atoms with Gasteiger partial charge in [-0.25, -0.2) is 4.98 Å². The van der Waals surface area contributed by atoms with E-state index in [1.54, 1.807) is 4.90 Å². The highest BCUT2D eigenvalue weighted by Gasteiger charge is 2.35. The summed E-state index contributed by atoms with van der Waals surface area (Å²) in [6.45, 7) is 2.41. The Kier molecular flexibility index (Phi) is 3.97. The minimum absolute atomic E-state index is 0.0201. The van der Waals surface area contributed by atoms with E-state index >= 15 is 0 Å². The second-order valence-electron chi connectivity index (χ2n) is 6.22. The summed E-state index contributed by atoms with van der Waals surface area (Å²) >= 11 is 1.44. The fraction of sp³-hybridized carbons (Fsp3) is 0.211. The first-order chi connectivity index (χ1) is 12.1. The molecule has 0 spiro atoms. The summed E-state index contributed by atoms with van der Waals surface area (Å²) in [6.07, 6.45) is 0.227. The number of hydrogen-bond donors (Lipinski definition) is 1. The van der Waals surface area contributed by atoms with E-state index in [0.717, 1.165) is 21.5 Å². The van der Waals surface area contributed by atoms with Crippen molar-refractivity contribution in [1.82, 2.24) is 4.98 Å². The van der Waals surface area contributed by atoms with Gasteiger partial charge in [0.2, 0.25) is 11.8 Å². The lowest BCUT2D eigenvalue weighted by molar-refractivity contribution is -0.122. The number of nitrogens with one attached hydrogen (secondary N) is 1. The van der Waals surface area contributed by atoms with E-state index in [2.05, 4.69) is 10.3 Å². The Hall–Kier alpha value is -2.73. The van der Waals surface area contributed by atoms with E-state index in [1.165, 1.54) is 11.3 Å². The van der Waals surface area contributed by atoms with Gasteiger partial charge in [-0.1, -0.05) is 41.2 Å². The van der Waals surface area contributed by atoms with Crippen molar-refractivity contribution >= 4 is 44.2 Å². The van der Waals surface area contributed by atoms with E-state index in [0.29, 0.717) is 11.7 Å². The van der Waals surface area contributed by atoms with Crippen LogP contribution in [0.2, 0.25) is 0 Å². The predicted molar refractivity (Wildman–Crippen MR) is 99.9 cm³/mol. The van der Waals surface area contributed by atoms with Gasteiger partial charge in [-0.2, -0.15) is 0 Å². The number of carbonyl (C=O) groups excluding carboxylic acids is 2. The van der Waals surface area contributed by atoms with Crippen LogP contribution in [0.5, 0.6) is 0 Å². The number of rotatable bonds is 3. The maximum atomic E-state index is 12.5. The summed E-state index contributed by atoms with van der Waals surface area (Å²) in [6, 6.07) is 15.5. The molecule has 0 unspecified atom stereocenters. The minimum Gasteiger partial charge on any atom is -0.312 e. The molecule has 1 aliphatic rings. The van der Waals surface area contributed by atoms with Crippen LogP contribution in [0.3, 0.4) is 0 Å². The van der Waals surface area contributed by atoms with Crippen LogP contribution < -0.4 is 10.2 Å². The van der Waals surface area contributed by atoms with Crippen LogP contribution in [-0.2, 0) is 9.59 Å². The molecule has 2 heterocycles. The van der Waals surface area contributed by atoms with Gasteiger partial charge in [0.15, 0.2) is 5.13 Å². The van der Waals surface area contributed by atoms with Crippen molar-refractivity contribution in [2.75, 3.05) is 16.8 Å². The first-order valence-corrected chi connectivity index (χ1v) is 8.95. The minimum atomic E-state index is -0.360. The van der Waals surface area contributed by atoms with Crippen LogP contribution in [0.1, 0.15) is 12.0 Å². The molecule has 1 aromatic heterocycles. The summed E-state index contributed by atoms with van der Waals surface area (Å²) in [5.74, 6) is -0.531. The molecule has 3 aromatic rings. The van der Waals surface area contributed by atoms with Gasteiger partial charge in [0.1, 0.15) is 0 Å². The number of thiazole rings is 1. The Morgan fingerprint density at radius 1 is 1.20 bits per heavy atom. The van der Waals surface area contributed by atoms with Crippen molar-refractivity contribution in [3.05, 3.63) is 54.1 Å². The predicted octanol–water partition coefficient (Wildman–Crippen LogP) is 3.60. The molecular formula is C19H17N3O2S. The van der Waals surface area contributed by atoms with E-state index in [4.69, 9.17) is 0 Å². The van der Waals surface area contributed by atoms with Crippen LogP contribution in [0.4, 0.5) is 10.8 Å². The molecule has 0 bridgehead atoms. The molecule has 1 aliphatic heterocycles. The fourth-order valence-electron chi connectivity index (χ4n) is 2.99. The topological polar surface area (TPSA) is 62.3 Å². The van der Waals surface area contributed by atoms with Crippen molar-refractivity contribution in [1.29, 1.82) is 0 Å². The summed E-state index contributed by atoms with van der Waals surface area (Å²) < 4.78 is 1.03. The van der Waals surface area contributed by atoms with E-state index < -0.39 is 0 Å². The van der Waals surface area contributed by atoms with Gasteiger partial charge in [0.05, 0.1) is 16.1 Å². The second kappa shape index (κ2) is 6.29. The molecule has 4 rings (SSSR count). The molecular weight excluding hydrogens is 334 g/mol. The number of anilines is 2. The standard InChI is InChI=1S/C19H17N3O2S/c1-12-6-8-14(9-7-12)22-11-13(10-17(22)23)18(24)21-19-20-15-4-2-3-5-16(15)25-19/h2-9,13H,10-11H2,1H3,(H,20,21,24)/t13-/m1/s1. The summed E-state index contributed by atoms with van der Waals surface area (Å²) in [7, 11) is 0. The number of para-hydroxylation sites is 1. The monoisotopic (exact) mass is 351 g/mol. The zero-order chi connectivity index (χ0) is 17.4. The summed E-state index contributed by atoms with van der Waals surface area (Å²) in [4.78, 5) is 30.9. The summed E-state index contributed by atoms with van der Waals surface area (Å²) in [5.41, 5.74) is 2.85. The number of aromatic nitrogens is 1. The van der Waals surface area contributed by atoms with Crippen molar-refractivity contribution in [2.24, 2.45) is 5.92 Å². The van der Waals surface area contributed by atoms with Gasteiger partial charge < -0.3 is 10.2 Å². The number of carbonyl (C=O) groups is 2. The maximum absolute atomic E-state index is 12.5. The third-order valence-corrected chi connectivity index (χ3v) is 5.32. The lowest BCUT2D eigenvalue weighted by atomic mass is 10.1. The van der Waals surface area contributed by atoms with Crippen molar-refractivity contribution in [3.63, 3.8) is 0 Å². The van der Waals surface area contributed by atoms with Crippen LogP contribution in [0, 0.1) is 12.8 Å². The third kappa shape index (κ3) is 3.13. The molecule has 1 saturated heterocycles. The molecule has 0 aliphatic carbocycles. The molecule has 1 atom stereocenters. The number of benzene rings is 2. The maximum Gasteiger partial charge on any atom is 0.231 e. The Balaban J connectivity index is 1.47. The first-order valence-electron chi connectivity index (χ1n) is 8.13.